The van der Waals surface area contributed by atoms with Crippen molar-refractivity contribution in [2.45, 2.75) is 6.92 Å². The summed E-state index contributed by atoms with van der Waals surface area (Å²) in [6.45, 7) is 1.71. The number of aryl methyl sites for hydroxylation is 1. The largest absolute Gasteiger partial charge is 0.466 e. The lowest BCUT2D eigenvalue weighted by Crippen LogP contribution is -2.00. The van der Waals surface area contributed by atoms with E-state index in [4.69, 9.17) is 0 Å². The van der Waals surface area contributed by atoms with E-state index in [-0.39, 0.29) is 5.97 Å². The number of carbonyl (C=O) groups is 1. The topological polar surface area (TPSA) is 44.1 Å². The van der Waals surface area contributed by atoms with Crippen molar-refractivity contribution < 1.29 is 9.53 Å². The first-order valence-corrected chi connectivity index (χ1v) is 3.88. The molecule has 0 aliphatic carbocycles. The second-order valence-electron chi connectivity index (χ2n) is 2.77. The number of hydrogen-bond donors (Lipinski definition) is 0. The predicted molar refractivity (Wildman–Crippen MR) is 48.9 cm³/mol. The van der Waals surface area contributed by atoms with Gasteiger partial charge in [0.15, 0.2) is 0 Å². The molecule has 13 heavy (non-hydrogen) atoms. The van der Waals surface area contributed by atoms with Gasteiger partial charge in [0.1, 0.15) is 0 Å². The zero-order chi connectivity index (χ0) is 9.84. The Balaban J connectivity index is 2.82. The summed E-state index contributed by atoms with van der Waals surface area (Å²) < 4.78 is 6.23. The van der Waals surface area contributed by atoms with E-state index in [1.54, 1.807) is 23.9 Å². The normalized spacial score (nSPS) is 11.5. The number of ether oxygens (including phenoxy) is 1. The van der Waals surface area contributed by atoms with Crippen LogP contribution >= 0.6 is 0 Å². The minimum absolute atomic E-state index is 0.316. The van der Waals surface area contributed by atoms with E-state index < -0.39 is 0 Å². The molecule has 0 N–H and O–H groups in total. The van der Waals surface area contributed by atoms with Crippen molar-refractivity contribution >= 4 is 12.0 Å². The van der Waals surface area contributed by atoms with Gasteiger partial charge in [-0.05, 0) is 13.0 Å². The first-order chi connectivity index (χ1) is 6.13. The van der Waals surface area contributed by atoms with Crippen LogP contribution in [0.3, 0.4) is 0 Å². The van der Waals surface area contributed by atoms with Crippen LogP contribution in [0.15, 0.2) is 18.0 Å². The van der Waals surface area contributed by atoms with Crippen LogP contribution in [0.4, 0.5) is 0 Å². The van der Waals surface area contributed by atoms with E-state index >= 15 is 0 Å². The number of hydrogen-bond acceptors (Lipinski definition) is 3. The molecule has 1 aromatic heterocycles. The smallest absolute Gasteiger partial charge is 0.333 e. The molecule has 1 aromatic rings. The van der Waals surface area contributed by atoms with Crippen molar-refractivity contribution in [3.8, 4) is 0 Å². The zero-order valence-corrected chi connectivity index (χ0v) is 7.94. The SMILES string of the molecule is COC(=O)/C(C)=C/c1cnn(C)c1. The van der Waals surface area contributed by atoms with Crippen molar-refractivity contribution in [1.82, 2.24) is 9.78 Å². The molecule has 0 unspecified atom stereocenters. The molecule has 0 radical (unpaired) electrons. The molecular weight excluding hydrogens is 168 g/mol. The maximum Gasteiger partial charge on any atom is 0.333 e. The van der Waals surface area contributed by atoms with Crippen LogP contribution in [0.2, 0.25) is 0 Å². The van der Waals surface area contributed by atoms with Gasteiger partial charge in [-0.2, -0.15) is 5.10 Å². The Bertz CT molecular complexity index is 339. The number of carbonyl (C=O) groups excluding carboxylic acids is 1. The fraction of sp³-hybridized carbons (Fsp3) is 0.333. The van der Waals surface area contributed by atoms with Gasteiger partial charge in [0, 0.05) is 24.4 Å². The van der Waals surface area contributed by atoms with Gasteiger partial charge >= 0.3 is 5.97 Å². The predicted octanol–water partition coefficient (Wildman–Crippen LogP) is 0.996. The molecule has 4 nitrogen and oxygen atoms in total. The third kappa shape index (κ3) is 2.43. The summed E-state index contributed by atoms with van der Waals surface area (Å²) in [6, 6.07) is 0. The summed E-state index contributed by atoms with van der Waals surface area (Å²) in [5, 5.41) is 3.97. The summed E-state index contributed by atoms with van der Waals surface area (Å²) in [5.74, 6) is -0.316. The lowest BCUT2D eigenvalue weighted by atomic mass is 10.2. The standard InChI is InChI=1S/C9H12N2O2/c1-7(9(12)13-3)4-8-5-10-11(2)6-8/h4-6H,1-3H3/b7-4+. The molecule has 0 spiro atoms. The highest BCUT2D eigenvalue weighted by Gasteiger charge is 2.02. The molecule has 0 saturated carbocycles. The molecule has 0 atom stereocenters. The van der Waals surface area contributed by atoms with Crippen molar-refractivity contribution in [2.24, 2.45) is 7.05 Å². The first kappa shape index (κ1) is 9.51. The van der Waals surface area contributed by atoms with Gasteiger partial charge < -0.3 is 4.74 Å². The molecular formula is C9H12N2O2. The maximum absolute atomic E-state index is 11.0. The highest BCUT2D eigenvalue weighted by atomic mass is 16.5. The van der Waals surface area contributed by atoms with Gasteiger partial charge in [-0.15, -0.1) is 0 Å². The Morgan fingerprint density at radius 1 is 1.69 bits per heavy atom. The van der Waals surface area contributed by atoms with Gasteiger partial charge in [-0.25, -0.2) is 4.79 Å². The Labute approximate surface area is 76.8 Å². The Kier molecular flexibility index (Phi) is 2.84. The second kappa shape index (κ2) is 3.89. The van der Waals surface area contributed by atoms with Crippen LogP contribution in [0, 0.1) is 0 Å². The number of methoxy groups -OCH3 is 1. The lowest BCUT2D eigenvalue weighted by molar-refractivity contribution is -0.135. The van der Waals surface area contributed by atoms with Crippen LogP contribution in [-0.2, 0) is 16.6 Å². The summed E-state index contributed by atoms with van der Waals surface area (Å²) in [4.78, 5) is 11.0. The lowest BCUT2D eigenvalue weighted by Gasteiger charge is -1.96. The van der Waals surface area contributed by atoms with Crippen molar-refractivity contribution in [2.75, 3.05) is 7.11 Å². The highest BCUT2D eigenvalue weighted by Crippen LogP contribution is 2.05. The van der Waals surface area contributed by atoms with Crippen molar-refractivity contribution in [3.05, 3.63) is 23.5 Å². The fourth-order valence-electron chi connectivity index (χ4n) is 0.985. The Hall–Kier alpha value is -1.58. The number of esters is 1. The molecule has 0 fully saturated rings. The molecule has 1 rings (SSSR count). The minimum atomic E-state index is -0.316. The Morgan fingerprint density at radius 2 is 2.38 bits per heavy atom. The summed E-state index contributed by atoms with van der Waals surface area (Å²) in [7, 11) is 3.19. The van der Waals surface area contributed by atoms with Crippen molar-refractivity contribution in [3.63, 3.8) is 0 Å². The number of aromatic nitrogens is 2. The summed E-state index contributed by atoms with van der Waals surface area (Å²) in [6.07, 6.45) is 5.25. The monoisotopic (exact) mass is 180 g/mol. The fourth-order valence-corrected chi connectivity index (χ4v) is 0.985. The van der Waals surface area contributed by atoms with E-state index in [0.717, 1.165) is 5.56 Å². The first-order valence-electron chi connectivity index (χ1n) is 3.88. The van der Waals surface area contributed by atoms with Crippen LogP contribution < -0.4 is 0 Å². The summed E-state index contributed by atoms with van der Waals surface area (Å²) in [5.41, 5.74) is 1.46. The second-order valence-corrected chi connectivity index (χ2v) is 2.77. The third-order valence-corrected chi connectivity index (χ3v) is 1.62. The number of rotatable bonds is 2. The van der Waals surface area contributed by atoms with Crippen LogP contribution in [0.1, 0.15) is 12.5 Å². The summed E-state index contributed by atoms with van der Waals surface area (Å²) >= 11 is 0. The van der Waals surface area contributed by atoms with Crippen LogP contribution in [-0.4, -0.2) is 22.9 Å². The van der Waals surface area contributed by atoms with E-state index in [1.165, 1.54) is 7.11 Å². The van der Waals surface area contributed by atoms with Crippen molar-refractivity contribution in [1.29, 1.82) is 0 Å². The zero-order valence-electron chi connectivity index (χ0n) is 7.94. The highest BCUT2D eigenvalue weighted by molar-refractivity contribution is 5.92. The average Bonchev–Trinajstić information content (AvgIpc) is 2.49. The van der Waals surface area contributed by atoms with Gasteiger partial charge in [-0.1, -0.05) is 0 Å². The quantitative estimate of drug-likeness (QED) is 0.503. The maximum atomic E-state index is 11.0. The molecule has 4 heteroatoms. The molecule has 0 amide bonds. The van der Waals surface area contributed by atoms with E-state index in [0.29, 0.717) is 5.57 Å². The molecule has 0 aromatic carbocycles. The van der Waals surface area contributed by atoms with E-state index in [9.17, 15) is 4.79 Å². The molecule has 0 bridgehead atoms. The minimum Gasteiger partial charge on any atom is -0.466 e. The van der Waals surface area contributed by atoms with E-state index in [2.05, 4.69) is 9.84 Å². The van der Waals surface area contributed by atoms with Crippen LogP contribution in [0.25, 0.3) is 6.08 Å². The molecule has 0 saturated heterocycles. The van der Waals surface area contributed by atoms with Crippen LogP contribution in [0.5, 0.6) is 0 Å². The van der Waals surface area contributed by atoms with Gasteiger partial charge in [0.2, 0.25) is 0 Å². The van der Waals surface area contributed by atoms with Gasteiger partial charge in [0.05, 0.1) is 13.3 Å². The Morgan fingerprint density at radius 3 is 2.85 bits per heavy atom. The molecule has 1 heterocycles. The van der Waals surface area contributed by atoms with Gasteiger partial charge in [0.25, 0.3) is 0 Å². The average molecular weight is 180 g/mol. The van der Waals surface area contributed by atoms with Gasteiger partial charge in [-0.3, -0.25) is 4.68 Å². The molecule has 0 aliphatic heterocycles. The van der Waals surface area contributed by atoms with E-state index in [1.807, 2.05) is 13.2 Å². The molecule has 0 aliphatic rings. The third-order valence-electron chi connectivity index (χ3n) is 1.62. The molecule has 70 valence electrons. The number of nitrogens with zero attached hydrogens (tertiary/aromatic N) is 2.